The van der Waals surface area contributed by atoms with Crippen molar-refractivity contribution in [1.82, 2.24) is 5.32 Å². The molecule has 0 heterocycles. The normalized spacial score (nSPS) is 13.9. The lowest BCUT2D eigenvalue weighted by Crippen LogP contribution is -2.31. The number of hydrogen-bond acceptors (Lipinski definition) is 2. The molecule has 0 spiro atoms. The van der Waals surface area contributed by atoms with Crippen LogP contribution in [-0.2, 0) is 0 Å². The van der Waals surface area contributed by atoms with Gasteiger partial charge in [0.1, 0.15) is 5.75 Å². The SMILES string of the molecule is C#CC(CCC)NC(CC)c1ccccc1O. The summed E-state index contributed by atoms with van der Waals surface area (Å²) in [6.07, 6.45) is 8.42. The van der Waals surface area contributed by atoms with Crippen LogP contribution in [0.3, 0.4) is 0 Å². The van der Waals surface area contributed by atoms with Crippen LogP contribution in [0.25, 0.3) is 0 Å². The van der Waals surface area contributed by atoms with Gasteiger partial charge in [-0.3, -0.25) is 5.32 Å². The maximum Gasteiger partial charge on any atom is 0.120 e. The Balaban J connectivity index is 2.79. The van der Waals surface area contributed by atoms with Crippen molar-refractivity contribution in [3.8, 4) is 18.1 Å². The van der Waals surface area contributed by atoms with E-state index in [0.29, 0.717) is 5.75 Å². The number of aromatic hydroxyl groups is 1. The van der Waals surface area contributed by atoms with Gasteiger partial charge >= 0.3 is 0 Å². The fraction of sp³-hybridized carbons (Fsp3) is 0.467. The molecule has 0 saturated heterocycles. The average Bonchev–Trinajstić information content (AvgIpc) is 2.35. The summed E-state index contributed by atoms with van der Waals surface area (Å²) in [7, 11) is 0. The lowest BCUT2D eigenvalue weighted by Gasteiger charge is -2.22. The summed E-state index contributed by atoms with van der Waals surface area (Å²) in [6, 6.07) is 7.61. The topological polar surface area (TPSA) is 32.3 Å². The molecule has 0 amide bonds. The summed E-state index contributed by atoms with van der Waals surface area (Å²) in [5, 5.41) is 13.3. The zero-order valence-corrected chi connectivity index (χ0v) is 10.6. The van der Waals surface area contributed by atoms with Crippen LogP contribution in [0, 0.1) is 12.3 Å². The van der Waals surface area contributed by atoms with Gasteiger partial charge < -0.3 is 5.11 Å². The van der Waals surface area contributed by atoms with Gasteiger partial charge in [-0.15, -0.1) is 6.42 Å². The minimum absolute atomic E-state index is 0.0737. The fourth-order valence-electron chi connectivity index (χ4n) is 1.96. The van der Waals surface area contributed by atoms with E-state index in [0.717, 1.165) is 24.8 Å². The zero-order valence-electron chi connectivity index (χ0n) is 10.6. The van der Waals surface area contributed by atoms with Gasteiger partial charge in [0.05, 0.1) is 6.04 Å². The molecule has 0 saturated carbocycles. The van der Waals surface area contributed by atoms with E-state index in [1.807, 2.05) is 18.2 Å². The molecule has 2 atom stereocenters. The number of phenols is 1. The Kier molecular flexibility index (Phi) is 5.59. The van der Waals surface area contributed by atoms with Crippen molar-refractivity contribution in [3.63, 3.8) is 0 Å². The molecule has 1 aromatic rings. The molecule has 0 aliphatic carbocycles. The molecule has 2 unspecified atom stereocenters. The number of hydrogen-bond donors (Lipinski definition) is 2. The van der Waals surface area contributed by atoms with Crippen LogP contribution in [0.15, 0.2) is 24.3 Å². The van der Waals surface area contributed by atoms with E-state index in [1.165, 1.54) is 0 Å². The quantitative estimate of drug-likeness (QED) is 0.737. The first-order chi connectivity index (χ1) is 8.22. The second-order valence-corrected chi connectivity index (χ2v) is 4.19. The van der Waals surface area contributed by atoms with Crippen LogP contribution >= 0.6 is 0 Å². The Morgan fingerprint density at radius 2 is 2.06 bits per heavy atom. The van der Waals surface area contributed by atoms with E-state index < -0.39 is 0 Å². The molecule has 0 bridgehead atoms. The second-order valence-electron chi connectivity index (χ2n) is 4.19. The molecule has 92 valence electrons. The standard InChI is InChI=1S/C15H21NO/c1-4-9-12(5-2)16-14(6-3)13-10-7-8-11-15(13)17/h2,7-8,10-12,14,16-17H,4,6,9H2,1,3H3. The third-order valence-electron chi connectivity index (χ3n) is 2.90. The highest BCUT2D eigenvalue weighted by atomic mass is 16.3. The Bertz CT molecular complexity index is 381. The van der Waals surface area contributed by atoms with Crippen molar-refractivity contribution in [1.29, 1.82) is 0 Å². The largest absolute Gasteiger partial charge is 0.508 e. The van der Waals surface area contributed by atoms with E-state index in [1.54, 1.807) is 6.07 Å². The number of nitrogens with one attached hydrogen (secondary N) is 1. The first kappa shape index (κ1) is 13.6. The summed E-state index contributed by atoms with van der Waals surface area (Å²) >= 11 is 0. The molecule has 0 aromatic heterocycles. The van der Waals surface area contributed by atoms with Gasteiger partial charge in [0.15, 0.2) is 0 Å². The van der Waals surface area contributed by atoms with Gasteiger partial charge in [-0.2, -0.15) is 0 Å². The molecule has 2 N–H and O–H groups in total. The Labute approximate surface area is 104 Å². The maximum atomic E-state index is 9.84. The number of para-hydroxylation sites is 1. The lowest BCUT2D eigenvalue weighted by molar-refractivity contribution is 0.422. The van der Waals surface area contributed by atoms with Crippen molar-refractivity contribution in [2.45, 2.75) is 45.2 Å². The van der Waals surface area contributed by atoms with Crippen LogP contribution < -0.4 is 5.32 Å². The summed E-state index contributed by atoms with van der Waals surface area (Å²) in [5.74, 6) is 3.10. The van der Waals surface area contributed by atoms with Crippen LogP contribution in [0.1, 0.15) is 44.7 Å². The highest BCUT2D eigenvalue weighted by molar-refractivity contribution is 5.34. The van der Waals surface area contributed by atoms with Crippen LogP contribution in [0.5, 0.6) is 5.75 Å². The minimum Gasteiger partial charge on any atom is -0.508 e. The van der Waals surface area contributed by atoms with E-state index in [4.69, 9.17) is 6.42 Å². The predicted octanol–water partition coefficient (Wildman–Crippen LogP) is 3.23. The molecular formula is C15H21NO. The van der Waals surface area contributed by atoms with Gasteiger partial charge in [-0.05, 0) is 18.9 Å². The summed E-state index contributed by atoms with van der Waals surface area (Å²) in [4.78, 5) is 0. The molecule has 1 rings (SSSR count). The van der Waals surface area contributed by atoms with Gasteiger partial charge in [-0.1, -0.05) is 44.4 Å². The van der Waals surface area contributed by atoms with Crippen LogP contribution in [-0.4, -0.2) is 11.1 Å². The van der Waals surface area contributed by atoms with Gasteiger partial charge in [0, 0.05) is 11.6 Å². The third kappa shape index (κ3) is 3.80. The van der Waals surface area contributed by atoms with Crippen molar-refractivity contribution in [2.24, 2.45) is 0 Å². The number of phenolic OH excluding ortho intramolecular Hbond substituents is 1. The molecule has 17 heavy (non-hydrogen) atoms. The molecule has 0 aliphatic rings. The van der Waals surface area contributed by atoms with E-state index in [-0.39, 0.29) is 12.1 Å². The zero-order chi connectivity index (χ0) is 12.7. The molecule has 0 fully saturated rings. The summed E-state index contributed by atoms with van der Waals surface area (Å²) in [5.41, 5.74) is 0.923. The monoisotopic (exact) mass is 231 g/mol. The second kappa shape index (κ2) is 6.98. The van der Waals surface area contributed by atoms with Crippen molar-refractivity contribution >= 4 is 0 Å². The Morgan fingerprint density at radius 3 is 2.59 bits per heavy atom. The minimum atomic E-state index is 0.0737. The molecule has 1 aromatic carbocycles. The fourth-order valence-corrected chi connectivity index (χ4v) is 1.96. The van der Waals surface area contributed by atoms with Crippen LogP contribution in [0.2, 0.25) is 0 Å². The van der Waals surface area contributed by atoms with Crippen LogP contribution in [0.4, 0.5) is 0 Å². The van der Waals surface area contributed by atoms with Crippen molar-refractivity contribution in [2.75, 3.05) is 0 Å². The average molecular weight is 231 g/mol. The molecule has 2 heteroatoms. The van der Waals surface area contributed by atoms with E-state index in [2.05, 4.69) is 25.1 Å². The Hall–Kier alpha value is -1.46. The molecule has 0 aliphatic heterocycles. The summed E-state index contributed by atoms with van der Waals surface area (Å²) in [6.45, 7) is 4.20. The first-order valence-electron chi connectivity index (χ1n) is 6.23. The lowest BCUT2D eigenvalue weighted by atomic mass is 10.0. The third-order valence-corrected chi connectivity index (χ3v) is 2.90. The summed E-state index contributed by atoms with van der Waals surface area (Å²) < 4.78 is 0. The smallest absolute Gasteiger partial charge is 0.120 e. The number of benzene rings is 1. The number of terminal acetylenes is 1. The predicted molar refractivity (Wildman–Crippen MR) is 71.8 cm³/mol. The highest BCUT2D eigenvalue weighted by Gasteiger charge is 2.15. The highest BCUT2D eigenvalue weighted by Crippen LogP contribution is 2.26. The maximum absolute atomic E-state index is 9.84. The van der Waals surface area contributed by atoms with Gasteiger partial charge in [0.25, 0.3) is 0 Å². The number of rotatable bonds is 6. The van der Waals surface area contributed by atoms with Crippen molar-refractivity contribution < 1.29 is 5.11 Å². The van der Waals surface area contributed by atoms with Gasteiger partial charge in [-0.25, -0.2) is 0 Å². The molecule has 0 radical (unpaired) electrons. The van der Waals surface area contributed by atoms with E-state index in [9.17, 15) is 5.11 Å². The van der Waals surface area contributed by atoms with Crippen molar-refractivity contribution in [3.05, 3.63) is 29.8 Å². The molecule has 2 nitrogen and oxygen atoms in total. The Morgan fingerprint density at radius 1 is 1.35 bits per heavy atom. The van der Waals surface area contributed by atoms with E-state index >= 15 is 0 Å². The first-order valence-corrected chi connectivity index (χ1v) is 6.23. The molecular weight excluding hydrogens is 210 g/mol. The van der Waals surface area contributed by atoms with Gasteiger partial charge in [0.2, 0.25) is 0 Å².